The maximum Gasteiger partial charge on any atom is 0.453 e. The number of hydrogen-bond donors (Lipinski definition) is 1. The van der Waals surface area contributed by atoms with E-state index >= 15 is 0 Å². The summed E-state index contributed by atoms with van der Waals surface area (Å²) in [6, 6.07) is 0. The van der Waals surface area contributed by atoms with E-state index in [0.717, 1.165) is 17.6 Å². The fourth-order valence-corrected chi connectivity index (χ4v) is 3.17. The van der Waals surface area contributed by atoms with Crippen molar-refractivity contribution in [2.75, 3.05) is 13.1 Å². The minimum absolute atomic E-state index is 0.151. The molecule has 0 saturated carbocycles. The van der Waals surface area contributed by atoms with Gasteiger partial charge in [-0.2, -0.15) is 22.8 Å². The van der Waals surface area contributed by atoms with Crippen molar-refractivity contribution in [3.05, 3.63) is 10.8 Å². The van der Waals surface area contributed by atoms with Crippen LogP contribution in [0.5, 0.6) is 0 Å². The second-order valence-electron chi connectivity index (χ2n) is 4.40. The van der Waals surface area contributed by atoms with Crippen molar-refractivity contribution < 1.29 is 13.2 Å². The average molecular weight is 277 g/mol. The van der Waals surface area contributed by atoms with Gasteiger partial charge in [-0.05, 0) is 12.5 Å². The molecule has 18 heavy (non-hydrogen) atoms. The smallest absolute Gasteiger partial charge is 0.316 e. The lowest BCUT2D eigenvalue weighted by Gasteiger charge is -2.09. The van der Waals surface area contributed by atoms with Gasteiger partial charge in [-0.15, -0.1) is 10.2 Å². The van der Waals surface area contributed by atoms with Gasteiger partial charge in [0.2, 0.25) is 4.96 Å². The summed E-state index contributed by atoms with van der Waals surface area (Å²) in [6.07, 6.45) is -4.52. The standard InChI is InChI=1S/C9H10F3N5S/c1-4-2-13-3-5(4)6-16-17-7(9(10,11)12)14-15-8(17)18-6/h4-5,13H,2-3H2,1H3/t4-,5-/m1/s1. The molecule has 2 atom stereocenters. The van der Waals surface area contributed by atoms with E-state index in [1.54, 1.807) is 0 Å². The summed E-state index contributed by atoms with van der Waals surface area (Å²) in [5.74, 6) is -0.542. The molecule has 1 fully saturated rings. The molecule has 0 aliphatic carbocycles. The Hall–Kier alpha value is -1.22. The summed E-state index contributed by atoms with van der Waals surface area (Å²) in [5.41, 5.74) is 0. The molecule has 1 aliphatic rings. The van der Waals surface area contributed by atoms with Gasteiger partial charge in [0.15, 0.2) is 0 Å². The van der Waals surface area contributed by atoms with Crippen molar-refractivity contribution in [1.29, 1.82) is 0 Å². The Balaban J connectivity index is 2.04. The zero-order chi connectivity index (χ0) is 12.9. The van der Waals surface area contributed by atoms with E-state index in [2.05, 4.69) is 27.5 Å². The molecule has 3 heterocycles. The molecule has 0 spiro atoms. The van der Waals surface area contributed by atoms with Crippen LogP contribution in [0.4, 0.5) is 13.2 Å². The van der Waals surface area contributed by atoms with Gasteiger partial charge in [0.05, 0.1) is 0 Å². The molecule has 1 N–H and O–H groups in total. The van der Waals surface area contributed by atoms with E-state index in [9.17, 15) is 13.2 Å². The molecular weight excluding hydrogens is 267 g/mol. The lowest BCUT2D eigenvalue weighted by molar-refractivity contribution is -0.146. The molecule has 98 valence electrons. The topological polar surface area (TPSA) is 55.1 Å². The zero-order valence-electron chi connectivity index (χ0n) is 9.40. The van der Waals surface area contributed by atoms with Crippen molar-refractivity contribution in [3.63, 3.8) is 0 Å². The van der Waals surface area contributed by atoms with Crippen LogP contribution >= 0.6 is 11.3 Å². The Labute approximate surface area is 104 Å². The Bertz CT molecular complexity index is 574. The summed E-state index contributed by atoms with van der Waals surface area (Å²) in [6.45, 7) is 3.65. The van der Waals surface area contributed by atoms with Gasteiger partial charge in [-0.25, -0.2) is 0 Å². The molecule has 1 aliphatic heterocycles. The second-order valence-corrected chi connectivity index (χ2v) is 5.39. The van der Waals surface area contributed by atoms with Gasteiger partial charge in [0, 0.05) is 12.5 Å². The number of rotatable bonds is 1. The third-order valence-corrected chi connectivity index (χ3v) is 4.13. The van der Waals surface area contributed by atoms with E-state index < -0.39 is 12.0 Å². The first-order chi connectivity index (χ1) is 8.47. The number of fused-ring (bicyclic) bond motifs is 1. The quantitative estimate of drug-likeness (QED) is 0.859. The van der Waals surface area contributed by atoms with Gasteiger partial charge >= 0.3 is 6.18 Å². The molecule has 0 amide bonds. The van der Waals surface area contributed by atoms with E-state index in [-0.39, 0.29) is 10.9 Å². The highest BCUT2D eigenvalue weighted by atomic mass is 32.1. The maximum absolute atomic E-state index is 12.6. The number of alkyl halides is 3. The number of aromatic nitrogens is 4. The van der Waals surface area contributed by atoms with Gasteiger partial charge in [0.1, 0.15) is 5.01 Å². The minimum Gasteiger partial charge on any atom is -0.316 e. The summed E-state index contributed by atoms with van der Waals surface area (Å²) in [5, 5.41) is 14.6. The summed E-state index contributed by atoms with van der Waals surface area (Å²) < 4.78 is 38.7. The molecule has 0 unspecified atom stereocenters. The largest absolute Gasteiger partial charge is 0.453 e. The van der Waals surface area contributed by atoms with Gasteiger partial charge in [-0.1, -0.05) is 18.3 Å². The Kier molecular flexibility index (Phi) is 2.56. The summed E-state index contributed by atoms with van der Waals surface area (Å²) >= 11 is 1.17. The summed E-state index contributed by atoms with van der Waals surface area (Å²) in [7, 11) is 0. The first-order valence-electron chi connectivity index (χ1n) is 5.47. The molecule has 0 aromatic carbocycles. The highest BCUT2D eigenvalue weighted by molar-refractivity contribution is 7.16. The molecular formula is C9H10F3N5S. The van der Waals surface area contributed by atoms with Crippen LogP contribution in [0.2, 0.25) is 0 Å². The highest BCUT2D eigenvalue weighted by Gasteiger charge is 2.39. The van der Waals surface area contributed by atoms with Crippen LogP contribution in [0.3, 0.4) is 0 Å². The van der Waals surface area contributed by atoms with Crippen LogP contribution in [-0.4, -0.2) is 32.9 Å². The van der Waals surface area contributed by atoms with Crippen LogP contribution in [-0.2, 0) is 6.18 Å². The molecule has 0 radical (unpaired) electrons. The van der Waals surface area contributed by atoms with Crippen molar-refractivity contribution >= 4 is 16.3 Å². The third kappa shape index (κ3) is 1.77. The Morgan fingerprint density at radius 3 is 2.72 bits per heavy atom. The lowest BCUT2D eigenvalue weighted by Crippen LogP contribution is -2.13. The monoisotopic (exact) mass is 277 g/mol. The predicted molar refractivity (Wildman–Crippen MR) is 58.4 cm³/mol. The number of halogens is 3. The van der Waals surface area contributed by atoms with Gasteiger partial charge in [0.25, 0.3) is 5.82 Å². The predicted octanol–water partition coefficient (Wildman–Crippen LogP) is 1.53. The lowest BCUT2D eigenvalue weighted by atomic mass is 9.99. The number of nitrogens with zero attached hydrogens (tertiary/aromatic N) is 4. The van der Waals surface area contributed by atoms with Gasteiger partial charge < -0.3 is 5.32 Å². The van der Waals surface area contributed by atoms with Crippen molar-refractivity contribution in [2.24, 2.45) is 5.92 Å². The van der Waals surface area contributed by atoms with Crippen LogP contribution in [0, 0.1) is 5.92 Å². The first-order valence-corrected chi connectivity index (χ1v) is 6.28. The van der Waals surface area contributed by atoms with Crippen LogP contribution in [0.1, 0.15) is 23.7 Å². The van der Waals surface area contributed by atoms with E-state index in [1.165, 1.54) is 11.3 Å². The van der Waals surface area contributed by atoms with E-state index in [0.29, 0.717) is 10.9 Å². The molecule has 5 nitrogen and oxygen atoms in total. The minimum atomic E-state index is -4.52. The zero-order valence-corrected chi connectivity index (χ0v) is 10.2. The Morgan fingerprint density at radius 2 is 2.11 bits per heavy atom. The fourth-order valence-electron chi connectivity index (χ4n) is 2.10. The number of nitrogens with one attached hydrogen (secondary N) is 1. The van der Waals surface area contributed by atoms with E-state index in [4.69, 9.17) is 0 Å². The van der Waals surface area contributed by atoms with Crippen molar-refractivity contribution in [3.8, 4) is 0 Å². The second kappa shape index (κ2) is 3.89. The Morgan fingerprint density at radius 1 is 1.33 bits per heavy atom. The SMILES string of the molecule is C[C@@H]1CNC[C@H]1c1nn2c(C(F)(F)F)nnc2s1. The van der Waals surface area contributed by atoms with Crippen LogP contribution in [0.15, 0.2) is 0 Å². The highest BCUT2D eigenvalue weighted by Crippen LogP contribution is 2.33. The van der Waals surface area contributed by atoms with E-state index in [1.807, 2.05) is 0 Å². The van der Waals surface area contributed by atoms with Crippen LogP contribution in [0.25, 0.3) is 4.96 Å². The normalized spacial score (nSPS) is 25.1. The third-order valence-electron chi connectivity index (χ3n) is 3.09. The van der Waals surface area contributed by atoms with Crippen molar-refractivity contribution in [1.82, 2.24) is 25.1 Å². The molecule has 2 aromatic rings. The van der Waals surface area contributed by atoms with Crippen LogP contribution < -0.4 is 5.32 Å². The van der Waals surface area contributed by atoms with Gasteiger partial charge in [-0.3, -0.25) is 0 Å². The maximum atomic E-state index is 12.6. The molecule has 2 aromatic heterocycles. The molecule has 1 saturated heterocycles. The number of hydrogen-bond acceptors (Lipinski definition) is 5. The molecule has 3 rings (SSSR count). The fraction of sp³-hybridized carbons (Fsp3) is 0.667. The first kappa shape index (κ1) is 11.8. The molecule has 9 heteroatoms. The molecule has 0 bridgehead atoms. The summed E-state index contributed by atoms with van der Waals surface area (Å²) in [4.78, 5) is 0.191. The average Bonchev–Trinajstić information content (AvgIpc) is 2.87. The van der Waals surface area contributed by atoms with Crippen molar-refractivity contribution in [2.45, 2.75) is 19.0 Å².